The van der Waals surface area contributed by atoms with E-state index in [2.05, 4.69) is 30.7 Å². The van der Waals surface area contributed by atoms with Crippen molar-refractivity contribution >= 4 is 18.0 Å². The number of carbonyl (C=O) groups excluding carboxylic acids is 2. The zero-order chi connectivity index (χ0) is 13.1. The summed E-state index contributed by atoms with van der Waals surface area (Å²) in [6.45, 7) is 4.27. The Morgan fingerprint density at radius 3 is 2.33 bits per heavy atom. The lowest BCUT2D eigenvalue weighted by Gasteiger charge is -2.12. The van der Waals surface area contributed by atoms with Crippen LogP contribution in [-0.4, -0.2) is 11.9 Å². The Morgan fingerprint density at radius 2 is 1.78 bits per heavy atom. The molecule has 1 aromatic carbocycles. The largest absolute Gasteiger partial charge is 0.390 e. The number of cyclic esters (lactones) is 2. The van der Waals surface area contributed by atoms with Gasteiger partial charge in [-0.2, -0.15) is 0 Å². The van der Waals surface area contributed by atoms with Gasteiger partial charge in [-0.3, -0.25) is 4.79 Å². The SMILES string of the molecule is CC(C)c1ccc(/C=C2\CCC(=O)OC2=O)cc1. The van der Waals surface area contributed by atoms with Crippen molar-refractivity contribution in [1.29, 1.82) is 0 Å². The van der Waals surface area contributed by atoms with Crippen LogP contribution in [0.4, 0.5) is 0 Å². The summed E-state index contributed by atoms with van der Waals surface area (Å²) in [6.07, 6.45) is 2.53. The molecule has 18 heavy (non-hydrogen) atoms. The number of hydrogen-bond donors (Lipinski definition) is 0. The van der Waals surface area contributed by atoms with Crippen molar-refractivity contribution in [3.8, 4) is 0 Å². The summed E-state index contributed by atoms with van der Waals surface area (Å²) in [6, 6.07) is 8.06. The van der Waals surface area contributed by atoms with Crippen LogP contribution in [0.15, 0.2) is 29.8 Å². The highest BCUT2D eigenvalue weighted by Crippen LogP contribution is 2.20. The monoisotopic (exact) mass is 244 g/mol. The summed E-state index contributed by atoms with van der Waals surface area (Å²) in [5, 5.41) is 0. The summed E-state index contributed by atoms with van der Waals surface area (Å²) in [5.41, 5.74) is 2.78. The molecule has 0 atom stereocenters. The van der Waals surface area contributed by atoms with E-state index in [0.29, 0.717) is 17.9 Å². The van der Waals surface area contributed by atoms with Crippen molar-refractivity contribution in [2.75, 3.05) is 0 Å². The minimum atomic E-state index is -0.515. The second-order valence-electron chi connectivity index (χ2n) is 4.75. The molecule has 0 radical (unpaired) electrons. The Bertz CT molecular complexity index is 495. The molecule has 94 valence electrons. The van der Waals surface area contributed by atoms with Crippen molar-refractivity contribution in [3.63, 3.8) is 0 Å². The van der Waals surface area contributed by atoms with Gasteiger partial charge in [-0.05, 0) is 29.5 Å². The van der Waals surface area contributed by atoms with E-state index in [-0.39, 0.29) is 6.42 Å². The third-order valence-electron chi connectivity index (χ3n) is 3.01. The zero-order valence-electron chi connectivity index (χ0n) is 10.6. The molecule has 3 heteroatoms. The fraction of sp³-hybridized carbons (Fsp3) is 0.333. The van der Waals surface area contributed by atoms with E-state index >= 15 is 0 Å². The highest BCUT2D eigenvalue weighted by Gasteiger charge is 2.22. The minimum absolute atomic E-state index is 0.279. The van der Waals surface area contributed by atoms with Crippen LogP contribution in [0.5, 0.6) is 0 Å². The molecule has 2 rings (SSSR count). The van der Waals surface area contributed by atoms with Gasteiger partial charge in [0.05, 0.1) is 6.42 Å². The summed E-state index contributed by atoms with van der Waals surface area (Å²) in [5.74, 6) is -0.463. The molecule has 1 fully saturated rings. The van der Waals surface area contributed by atoms with Gasteiger partial charge in [0.25, 0.3) is 0 Å². The van der Waals surface area contributed by atoms with Gasteiger partial charge in [-0.1, -0.05) is 38.1 Å². The summed E-state index contributed by atoms with van der Waals surface area (Å²) < 4.78 is 4.59. The van der Waals surface area contributed by atoms with Gasteiger partial charge in [0.2, 0.25) is 0 Å². The average molecular weight is 244 g/mol. The van der Waals surface area contributed by atoms with Crippen molar-refractivity contribution in [2.24, 2.45) is 0 Å². The van der Waals surface area contributed by atoms with E-state index in [1.165, 1.54) is 5.56 Å². The van der Waals surface area contributed by atoms with Gasteiger partial charge < -0.3 is 4.74 Å². The van der Waals surface area contributed by atoms with Gasteiger partial charge in [0.15, 0.2) is 0 Å². The van der Waals surface area contributed by atoms with Crippen LogP contribution in [0.1, 0.15) is 43.7 Å². The molecule has 1 aromatic rings. The molecule has 0 amide bonds. The highest BCUT2D eigenvalue weighted by molar-refractivity contribution is 6.02. The molecule has 0 unspecified atom stereocenters. The molecule has 0 saturated carbocycles. The Kier molecular flexibility index (Phi) is 3.60. The fourth-order valence-corrected chi connectivity index (χ4v) is 1.87. The Labute approximate surface area is 106 Å². The third kappa shape index (κ3) is 2.86. The van der Waals surface area contributed by atoms with Gasteiger partial charge in [-0.15, -0.1) is 0 Å². The molecule has 0 N–H and O–H groups in total. The van der Waals surface area contributed by atoms with Crippen LogP contribution in [0.3, 0.4) is 0 Å². The fourth-order valence-electron chi connectivity index (χ4n) is 1.87. The quantitative estimate of drug-likeness (QED) is 0.456. The lowest BCUT2D eigenvalue weighted by molar-refractivity contribution is -0.159. The predicted molar refractivity (Wildman–Crippen MR) is 68.8 cm³/mol. The van der Waals surface area contributed by atoms with Crippen LogP contribution >= 0.6 is 0 Å². The third-order valence-corrected chi connectivity index (χ3v) is 3.01. The molecule has 0 bridgehead atoms. The van der Waals surface area contributed by atoms with Gasteiger partial charge in [0, 0.05) is 5.57 Å². The van der Waals surface area contributed by atoms with E-state index in [1.54, 1.807) is 6.08 Å². The standard InChI is InChI=1S/C15H16O3/c1-10(2)12-5-3-11(4-6-12)9-13-7-8-14(16)18-15(13)17/h3-6,9-10H,7-8H2,1-2H3/b13-9+. The molecule has 3 nitrogen and oxygen atoms in total. The molecule has 1 saturated heterocycles. The minimum Gasteiger partial charge on any atom is -0.390 e. The molecule has 1 aliphatic rings. The Hall–Kier alpha value is -1.90. The number of esters is 2. The first-order chi connectivity index (χ1) is 8.56. The number of benzene rings is 1. The molecule has 1 aliphatic heterocycles. The smallest absolute Gasteiger partial charge is 0.341 e. The van der Waals surface area contributed by atoms with Gasteiger partial charge in [-0.25, -0.2) is 4.79 Å². The van der Waals surface area contributed by atoms with E-state index in [1.807, 2.05) is 12.1 Å². The Morgan fingerprint density at radius 1 is 1.11 bits per heavy atom. The lowest BCUT2D eigenvalue weighted by Crippen LogP contribution is -2.20. The normalized spacial score (nSPS) is 18.3. The lowest BCUT2D eigenvalue weighted by atomic mass is 10.00. The maximum atomic E-state index is 11.5. The highest BCUT2D eigenvalue weighted by atomic mass is 16.6. The van der Waals surface area contributed by atoms with Gasteiger partial charge >= 0.3 is 11.9 Å². The molecule has 0 aliphatic carbocycles. The Balaban J connectivity index is 2.17. The van der Waals surface area contributed by atoms with Crippen molar-refractivity contribution in [1.82, 2.24) is 0 Å². The first-order valence-electron chi connectivity index (χ1n) is 6.12. The summed E-state index contributed by atoms with van der Waals surface area (Å²) in [4.78, 5) is 22.4. The number of ether oxygens (including phenoxy) is 1. The molecule has 0 spiro atoms. The maximum absolute atomic E-state index is 11.5. The summed E-state index contributed by atoms with van der Waals surface area (Å²) >= 11 is 0. The second-order valence-corrected chi connectivity index (χ2v) is 4.75. The van der Waals surface area contributed by atoms with Crippen molar-refractivity contribution in [3.05, 3.63) is 41.0 Å². The van der Waals surface area contributed by atoms with Gasteiger partial charge in [0.1, 0.15) is 0 Å². The summed E-state index contributed by atoms with van der Waals surface area (Å²) in [7, 11) is 0. The first-order valence-corrected chi connectivity index (χ1v) is 6.12. The van der Waals surface area contributed by atoms with Crippen LogP contribution in [0.25, 0.3) is 6.08 Å². The average Bonchev–Trinajstić information content (AvgIpc) is 2.33. The molecular weight excluding hydrogens is 228 g/mol. The number of rotatable bonds is 2. The number of hydrogen-bond acceptors (Lipinski definition) is 3. The maximum Gasteiger partial charge on any atom is 0.341 e. The van der Waals surface area contributed by atoms with Crippen molar-refractivity contribution in [2.45, 2.75) is 32.6 Å². The first kappa shape index (κ1) is 12.6. The van der Waals surface area contributed by atoms with E-state index in [9.17, 15) is 9.59 Å². The molecular formula is C15H16O3. The van der Waals surface area contributed by atoms with Crippen LogP contribution in [-0.2, 0) is 14.3 Å². The second kappa shape index (κ2) is 5.17. The van der Waals surface area contributed by atoms with E-state index in [4.69, 9.17) is 0 Å². The predicted octanol–water partition coefficient (Wildman–Crippen LogP) is 3.06. The van der Waals surface area contributed by atoms with E-state index < -0.39 is 11.9 Å². The molecule has 1 heterocycles. The zero-order valence-corrected chi connectivity index (χ0v) is 10.6. The number of carbonyl (C=O) groups is 2. The molecule has 0 aromatic heterocycles. The van der Waals surface area contributed by atoms with Crippen LogP contribution in [0, 0.1) is 0 Å². The van der Waals surface area contributed by atoms with Crippen LogP contribution < -0.4 is 0 Å². The van der Waals surface area contributed by atoms with E-state index in [0.717, 1.165) is 5.56 Å². The van der Waals surface area contributed by atoms with Crippen molar-refractivity contribution < 1.29 is 14.3 Å². The topological polar surface area (TPSA) is 43.4 Å². The van der Waals surface area contributed by atoms with Crippen LogP contribution in [0.2, 0.25) is 0 Å².